The first kappa shape index (κ1) is 16.7. The first-order valence-corrected chi connectivity index (χ1v) is 8.78. The van der Waals surface area contributed by atoms with Crippen LogP contribution in [0, 0.1) is 0 Å². The van der Waals surface area contributed by atoms with Crippen molar-refractivity contribution in [3.63, 3.8) is 0 Å². The summed E-state index contributed by atoms with van der Waals surface area (Å²) in [6.45, 7) is 2.47. The third-order valence-electron chi connectivity index (χ3n) is 4.90. The summed E-state index contributed by atoms with van der Waals surface area (Å²) in [5.41, 5.74) is 4.13. The zero-order valence-electron chi connectivity index (χ0n) is 14.5. The average molecular weight is 368 g/mol. The summed E-state index contributed by atoms with van der Waals surface area (Å²) in [4.78, 5) is 24.4. The normalized spacial score (nSPS) is 14.2. The molecule has 2 amide bonds. The number of carbonyl (C=O) groups is 2. The Morgan fingerprint density at radius 2 is 2.04 bits per heavy atom. The molecule has 3 aromatic rings. The number of benzene rings is 2. The second-order valence-corrected chi connectivity index (χ2v) is 7.02. The lowest BCUT2D eigenvalue weighted by molar-refractivity contribution is 0.0930. The van der Waals surface area contributed by atoms with Crippen molar-refractivity contribution in [2.45, 2.75) is 19.5 Å². The van der Waals surface area contributed by atoms with Gasteiger partial charge in [0.2, 0.25) is 0 Å². The van der Waals surface area contributed by atoms with Gasteiger partial charge in [0.1, 0.15) is 5.69 Å². The number of carbonyl (C=O) groups excluding carboxylic acids is 2. The molecular formula is C20H18ClN3O2. The predicted molar refractivity (Wildman–Crippen MR) is 101 cm³/mol. The van der Waals surface area contributed by atoms with Crippen LogP contribution in [0.3, 0.4) is 0 Å². The van der Waals surface area contributed by atoms with Crippen LogP contribution in [0.15, 0.2) is 42.5 Å². The summed E-state index contributed by atoms with van der Waals surface area (Å²) >= 11 is 6.06. The average Bonchev–Trinajstić information content (AvgIpc) is 3.15. The number of aryl methyl sites for hydroxylation is 1. The van der Waals surface area contributed by atoms with Gasteiger partial charge in [-0.3, -0.25) is 9.59 Å². The van der Waals surface area contributed by atoms with Gasteiger partial charge in [-0.2, -0.15) is 0 Å². The minimum absolute atomic E-state index is 0.0441. The van der Waals surface area contributed by atoms with Gasteiger partial charge in [-0.15, -0.1) is 0 Å². The van der Waals surface area contributed by atoms with Crippen LogP contribution >= 0.6 is 11.6 Å². The highest BCUT2D eigenvalue weighted by Crippen LogP contribution is 2.24. The Morgan fingerprint density at radius 3 is 2.85 bits per heavy atom. The standard InChI is InChI=1S/C20H18ClN3O2/c1-11(12-4-6-16-14(7-12)10-22-19(16)25)23-20(26)18-8-13-3-5-15(21)9-17(13)24(18)2/h3-9,11H,10H2,1-2H3,(H,22,25)(H,23,26). The fourth-order valence-electron chi connectivity index (χ4n) is 3.40. The molecule has 0 fully saturated rings. The number of nitrogens with one attached hydrogen (secondary N) is 2. The number of rotatable bonds is 3. The fourth-order valence-corrected chi connectivity index (χ4v) is 3.56. The molecule has 26 heavy (non-hydrogen) atoms. The van der Waals surface area contributed by atoms with Gasteiger partial charge in [-0.25, -0.2) is 0 Å². The van der Waals surface area contributed by atoms with Gasteiger partial charge in [0.15, 0.2) is 0 Å². The summed E-state index contributed by atoms with van der Waals surface area (Å²) < 4.78 is 1.84. The van der Waals surface area contributed by atoms with Crippen LogP contribution < -0.4 is 10.6 Å². The van der Waals surface area contributed by atoms with Crippen LogP contribution in [0.25, 0.3) is 10.9 Å². The van der Waals surface area contributed by atoms with E-state index < -0.39 is 0 Å². The molecule has 0 spiro atoms. The lowest BCUT2D eigenvalue weighted by Gasteiger charge is -2.15. The van der Waals surface area contributed by atoms with E-state index in [0.717, 1.165) is 22.0 Å². The van der Waals surface area contributed by atoms with Crippen LogP contribution in [0.5, 0.6) is 0 Å². The lowest BCUT2D eigenvalue weighted by Crippen LogP contribution is -2.28. The van der Waals surface area contributed by atoms with E-state index in [1.54, 1.807) is 0 Å². The molecule has 2 heterocycles. The summed E-state index contributed by atoms with van der Waals surface area (Å²) in [5, 5.41) is 7.45. The smallest absolute Gasteiger partial charge is 0.268 e. The van der Waals surface area contributed by atoms with Crippen molar-refractivity contribution >= 4 is 34.3 Å². The van der Waals surface area contributed by atoms with Crippen molar-refractivity contribution in [3.8, 4) is 0 Å². The van der Waals surface area contributed by atoms with Crippen LogP contribution in [-0.2, 0) is 13.6 Å². The summed E-state index contributed by atoms with van der Waals surface area (Å²) in [6, 6.07) is 12.9. The summed E-state index contributed by atoms with van der Waals surface area (Å²) in [7, 11) is 1.85. The Kier molecular flexibility index (Phi) is 3.96. The summed E-state index contributed by atoms with van der Waals surface area (Å²) in [5.74, 6) is -0.195. The quantitative estimate of drug-likeness (QED) is 0.743. The van der Waals surface area contributed by atoms with Crippen molar-refractivity contribution in [2.75, 3.05) is 0 Å². The van der Waals surface area contributed by atoms with E-state index >= 15 is 0 Å². The largest absolute Gasteiger partial charge is 0.348 e. The highest BCUT2D eigenvalue weighted by molar-refractivity contribution is 6.31. The number of halogens is 1. The van der Waals surface area contributed by atoms with E-state index in [9.17, 15) is 9.59 Å². The first-order valence-electron chi connectivity index (χ1n) is 8.41. The Morgan fingerprint density at radius 1 is 1.23 bits per heavy atom. The van der Waals surface area contributed by atoms with Gasteiger partial charge in [0, 0.05) is 35.1 Å². The van der Waals surface area contributed by atoms with Crippen molar-refractivity contribution in [2.24, 2.45) is 7.05 Å². The zero-order chi connectivity index (χ0) is 18.4. The van der Waals surface area contributed by atoms with Gasteiger partial charge in [-0.1, -0.05) is 29.8 Å². The number of hydrogen-bond donors (Lipinski definition) is 2. The van der Waals surface area contributed by atoms with Gasteiger partial charge in [-0.05, 0) is 42.3 Å². The maximum absolute atomic E-state index is 12.8. The SMILES string of the molecule is CC(NC(=O)c1cc2ccc(Cl)cc2n1C)c1ccc2c(c1)CNC2=O. The molecule has 0 bridgehead atoms. The molecule has 6 heteroatoms. The van der Waals surface area contributed by atoms with Crippen molar-refractivity contribution < 1.29 is 9.59 Å². The van der Waals surface area contributed by atoms with Crippen LogP contribution in [0.4, 0.5) is 0 Å². The Balaban J connectivity index is 1.58. The number of hydrogen-bond acceptors (Lipinski definition) is 2. The molecular weight excluding hydrogens is 350 g/mol. The maximum atomic E-state index is 12.8. The third kappa shape index (κ3) is 2.74. The molecule has 1 aliphatic rings. The molecule has 0 saturated heterocycles. The van der Waals surface area contributed by atoms with Crippen molar-refractivity contribution in [1.82, 2.24) is 15.2 Å². The summed E-state index contributed by atoms with van der Waals surface area (Å²) in [6.07, 6.45) is 0. The highest BCUT2D eigenvalue weighted by Gasteiger charge is 2.21. The van der Waals surface area contributed by atoms with Crippen molar-refractivity contribution in [3.05, 3.63) is 69.9 Å². The lowest BCUT2D eigenvalue weighted by atomic mass is 10.0. The fraction of sp³-hybridized carbons (Fsp3) is 0.200. The molecule has 0 saturated carbocycles. The van der Waals surface area contributed by atoms with Crippen molar-refractivity contribution in [1.29, 1.82) is 0 Å². The molecule has 4 rings (SSSR count). The second-order valence-electron chi connectivity index (χ2n) is 6.59. The van der Waals surface area contributed by atoms with Crippen LogP contribution in [-0.4, -0.2) is 16.4 Å². The van der Waals surface area contributed by atoms with Gasteiger partial charge >= 0.3 is 0 Å². The molecule has 2 N–H and O–H groups in total. The Bertz CT molecular complexity index is 1050. The molecule has 0 aliphatic carbocycles. The maximum Gasteiger partial charge on any atom is 0.268 e. The third-order valence-corrected chi connectivity index (χ3v) is 5.14. The number of aromatic nitrogens is 1. The van der Waals surface area contributed by atoms with E-state index in [0.29, 0.717) is 22.8 Å². The zero-order valence-corrected chi connectivity index (χ0v) is 15.2. The number of amides is 2. The van der Waals surface area contributed by atoms with E-state index in [2.05, 4.69) is 10.6 Å². The molecule has 132 valence electrons. The molecule has 5 nitrogen and oxygen atoms in total. The van der Waals surface area contributed by atoms with E-state index in [-0.39, 0.29) is 17.9 Å². The van der Waals surface area contributed by atoms with E-state index in [1.807, 2.05) is 61.0 Å². The minimum atomic E-state index is -0.176. The van der Waals surface area contributed by atoms with Gasteiger partial charge in [0.05, 0.1) is 6.04 Å². The molecule has 0 radical (unpaired) electrons. The Labute approximate surface area is 155 Å². The molecule has 1 unspecified atom stereocenters. The van der Waals surface area contributed by atoms with E-state index in [4.69, 9.17) is 11.6 Å². The molecule has 1 aromatic heterocycles. The van der Waals surface area contributed by atoms with Crippen LogP contribution in [0.1, 0.15) is 44.9 Å². The van der Waals surface area contributed by atoms with E-state index in [1.165, 1.54) is 0 Å². The molecule has 1 atom stereocenters. The second kappa shape index (κ2) is 6.18. The topological polar surface area (TPSA) is 63.1 Å². The monoisotopic (exact) mass is 367 g/mol. The molecule has 2 aromatic carbocycles. The number of nitrogens with zero attached hydrogens (tertiary/aromatic N) is 1. The van der Waals surface area contributed by atoms with Gasteiger partial charge < -0.3 is 15.2 Å². The predicted octanol–water partition coefficient (Wildman–Crippen LogP) is 3.57. The number of fused-ring (bicyclic) bond motifs is 2. The first-order chi connectivity index (χ1) is 12.4. The molecule has 1 aliphatic heterocycles. The van der Waals surface area contributed by atoms with Gasteiger partial charge in [0.25, 0.3) is 11.8 Å². The minimum Gasteiger partial charge on any atom is -0.348 e. The highest BCUT2D eigenvalue weighted by atomic mass is 35.5. The van der Waals surface area contributed by atoms with Crippen LogP contribution in [0.2, 0.25) is 5.02 Å². The Hall–Kier alpha value is -2.79.